The van der Waals surface area contributed by atoms with Crippen molar-refractivity contribution in [3.8, 4) is 0 Å². The van der Waals surface area contributed by atoms with Crippen molar-refractivity contribution in [1.82, 2.24) is 10.2 Å². The molecule has 2 aliphatic rings. The van der Waals surface area contributed by atoms with E-state index in [1.165, 1.54) is 18.4 Å². The average molecular weight is 288 g/mol. The zero-order valence-electron chi connectivity index (χ0n) is 13.5. The van der Waals surface area contributed by atoms with Crippen molar-refractivity contribution in [2.45, 2.75) is 57.4 Å². The van der Waals surface area contributed by atoms with Crippen LogP contribution >= 0.6 is 0 Å². The first-order chi connectivity index (χ1) is 10.0. The second-order valence-electron chi connectivity index (χ2n) is 7.23. The van der Waals surface area contributed by atoms with Gasteiger partial charge in [-0.15, -0.1) is 0 Å². The number of nitrogens with one attached hydrogen (secondary N) is 1. The summed E-state index contributed by atoms with van der Waals surface area (Å²) in [5.41, 5.74) is 1.35. The monoisotopic (exact) mass is 288 g/mol. The van der Waals surface area contributed by atoms with Gasteiger partial charge in [0.15, 0.2) is 0 Å². The zero-order valence-corrected chi connectivity index (χ0v) is 13.5. The van der Waals surface area contributed by atoms with E-state index in [9.17, 15) is 0 Å². The minimum atomic E-state index is -0.0652. The van der Waals surface area contributed by atoms with Gasteiger partial charge in [-0.3, -0.25) is 4.90 Å². The Morgan fingerprint density at radius 3 is 2.62 bits per heavy atom. The highest BCUT2D eigenvalue weighted by Crippen LogP contribution is 2.29. The predicted molar refractivity (Wildman–Crippen MR) is 86.4 cm³/mol. The van der Waals surface area contributed by atoms with Gasteiger partial charge in [0, 0.05) is 31.7 Å². The quantitative estimate of drug-likeness (QED) is 0.901. The molecular formula is C18H28N2O. The standard InChI is InChI=1S/C18H28N2O/c1-14-12-20(13-18(2,3)21-14)17(11-19-16-9-10-16)15-7-5-4-6-8-15/h4-8,14,16-17,19H,9-13H2,1-3H3. The Morgan fingerprint density at radius 2 is 2.00 bits per heavy atom. The van der Waals surface area contributed by atoms with Gasteiger partial charge in [0.25, 0.3) is 0 Å². The topological polar surface area (TPSA) is 24.5 Å². The van der Waals surface area contributed by atoms with Crippen LogP contribution in [0, 0.1) is 0 Å². The van der Waals surface area contributed by atoms with Gasteiger partial charge in [-0.05, 0) is 39.2 Å². The van der Waals surface area contributed by atoms with Crippen LogP contribution in [0.15, 0.2) is 30.3 Å². The van der Waals surface area contributed by atoms with Crippen LogP contribution in [-0.2, 0) is 4.74 Å². The molecule has 2 atom stereocenters. The molecule has 0 amide bonds. The molecule has 3 heteroatoms. The first-order valence-corrected chi connectivity index (χ1v) is 8.24. The third-order valence-corrected chi connectivity index (χ3v) is 4.40. The maximum Gasteiger partial charge on any atom is 0.0757 e. The van der Waals surface area contributed by atoms with E-state index in [0.29, 0.717) is 12.1 Å². The lowest BCUT2D eigenvalue weighted by atomic mass is 9.99. The van der Waals surface area contributed by atoms with Gasteiger partial charge in [-0.2, -0.15) is 0 Å². The molecule has 0 bridgehead atoms. The highest BCUT2D eigenvalue weighted by atomic mass is 16.5. The molecule has 0 radical (unpaired) electrons. The van der Waals surface area contributed by atoms with Crippen LogP contribution in [0.1, 0.15) is 45.2 Å². The summed E-state index contributed by atoms with van der Waals surface area (Å²) in [5.74, 6) is 0. The van der Waals surface area contributed by atoms with Gasteiger partial charge in [0.1, 0.15) is 0 Å². The van der Waals surface area contributed by atoms with E-state index >= 15 is 0 Å². The number of rotatable bonds is 5. The molecule has 21 heavy (non-hydrogen) atoms. The van der Waals surface area contributed by atoms with Gasteiger partial charge >= 0.3 is 0 Å². The van der Waals surface area contributed by atoms with Crippen LogP contribution in [-0.4, -0.2) is 42.3 Å². The first kappa shape index (κ1) is 15.0. The fourth-order valence-corrected chi connectivity index (χ4v) is 3.44. The molecule has 2 unspecified atom stereocenters. The zero-order chi connectivity index (χ0) is 14.9. The summed E-state index contributed by atoms with van der Waals surface area (Å²) in [5, 5.41) is 3.71. The minimum Gasteiger partial charge on any atom is -0.370 e. The number of morpholine rings is 1. The Hall–Kier alpha value is -0.900. The second-order valence-corrected chi connectivity index (χ2v) is 7.23. The van der Waals surface area contributed by atoms with Crippen molar-refractivity contribution in [3.05, 3.63) is 35.9 Å². The van der Waals surface area contributed by atoms with E-state index in [0.717, 1.165) is 25.7 Å². The molecule has 1 N–H and O–H groups in total. The van der Waals surface area contributed by atoms with Crippen molar-refractivity contribution in [2.24, 2.45) is 0 Å². The Bertz CT molecular complexity index is 456. The third-order valence-electron chi connectivity index (χ3n) is 4.40. The molecular weight excluding hydrogens is 260 g/mol. The van der Waals surface area contributed by atoms with Crippen LogP contribution < -0.4 is 5.32 Å². The highest BCUT2D eigenvalue weighted by molar-refractivity contribution is 5.20. The number of ether oxygens (including phenoxy) is 1. The summed E-state index contributed by atoms with van der Waals surface area (Å²) < 4.78 is 6.07. The Labute approximate surface area is 128 Å². The summed E-state index contributed by atoms with van der Waals surface area (Å²) in [6.07, 6.45) is 2.97. The fraction of sp³-hybridized carbons (Fsp3) is 0.667. The van der Waals surface area contributed by atoms with E-state index in [1.807, 2.05) is 0 Å². The molecule has 1 aromatic rings. The van der Waals surface area contributed by atoms with Gasteiger partial charge < -0.3 is 10.1 Å². The third kappa shape index (κ3) is 4.06. The van der Waals surface area contributed by atoms with Crippen molar-refractivity contribution in [2.75, 3.05) is 19.6 Å². The van der Waals surface area contributed by atoms with E-state index in [2.05, 4.69) is 61.3 Å². The van der Waals surface area contributed by atoms with Gasteiger partial charge in [0.2, 0.25) is 0 Å². The SMILES string of the molecule is CC1CN(C(CNC2CC2)c2ccccc2)CC(C)(C)O1. The molecule has 116 valence electrons. The number of nitrogens with zero attached hydrogens (tertiary/aromatic N) is 1. The molecule has 1 aliphatic heterocycles. The molecule has 1 saturated carbocycles. The molecule has 0 aromatic heterocycles. The fourth-order valence-electron chi connectivity index (χ4n) is 3.44. The highest BCUT2D eigenvalue weighted by Gasteiger charge is 2.35. The smallest absolute Gasteiger partial charge is 0.0757 e. The number of hydrogen-bond donors (Lipinski definition) is 1. The van der Waals surface area contributed by atoms with Gasteiger partial charge in [0.05, 0.1) is 11.7 Å². The van der Waals surface area contributed by atoms with Crippen molar-refractivity contribution >= 4 is 0 Å². The van der Waals surface area contributed by atoms with E-state index in [-0.39, 0.29) is 5.60 Å². The lowest BCUT2D eigenvalue weighted by Crippen LogP contribution is -2.54. The largest absolute Gasteiger partial charge is 0.370 e. The first-order valence-electron chi connectivity index (χ1n) is 8.24. The van der Waals surface area contributed by atoms with Gasteiger partial charge in [-0.1, -0.05) is 30.3 Å². The Kier molecular flexibility index (Phi) is 4.34. The summed E-state index contributed by atoms with van der Waals surface area (Å²) in [4.78, 5) is 2.60. The maximum atomic E-state index is 6.07. The van der Waals surface area contributed by atoms with Crippen LogP contribution in [0.5, 0.6) is 0 Å². The van der Waals surface area contributed by atoms with E-state index < -0.39 is 0 Å². The lowest BCUT2D eigenvalue weighted by Gasteiger charge is -2.45. The predicted octanol–water partition coefficient (Wildman–Crippen LogP) is 2.98. The lowest BCUT2D eigenvalue weighted by molar-refractivity contribution is -0.138. The Balaban J connectivity index is 1.76. The number of hydrogen-bond acceptors (Lipinski definition) is 3. The molecule has 1 heterocycles. The molecule has 1 aliphatic carbocycles. The summed E-state index contributed by atoms with van der Waals surface area (Å²) >= 11 is 0. The number of benzene rings is 1. The van der Waals surface area contributed by atoms with Crippen LogP contribution in [0.3, 0.4) is 0 Å². The molecule has 2 fully saturated rings. The Morgan fingerprint density at radius 1 is 1.29 bits per heavy atom. The minimum absolute atomic E-state index is 0.0652. The molecule has 1 saturated heterocycles. The summed E-state index contributed by atoms with van der Waals surface area (Å²) in [6.45, 7) is 9.62. The maximum absolute atomic E-state index is 6.07. The molecule has 0 spiro atoms. The second kappa shape index (κ2) is 6.07. The van der Waals surface area contributed by atoms with Crippen LogP contribution in [0.4, 0.5) is 0 Å². The van der Waals surface area contributed by atoms with Crippen LogP contribution in [0.25, 0.3) is 0 Å². The summed E-state index contributed by atoms with van der Waals surface area (Å²) in [7, 11) is 0. The average Bonchev–Trinajstić information content (AvgIpc) is 3.22. The normalized spacial score (nSPS) is 27.5. The van der Waals surface area contributed by atoms with E-state index in [1.54, 1.807) is 0 Å². The van der Waals surface area contributed by atoms with Gasteiger partial charge in [-0.25, -0.2) is 0 Å². The molecule has 3 rings (SSSR count). The van der Waals surface area contributed by atoms with Crippen molar-refractivity contribution in [3.63, 3.8) is 0 Å². The summed E-state index contributed by atoms with van der Waals surface area (Å²) in [6, 6.07) is 12.1. The van der Waals surface area contributed by atoms with Crippen LogP contribution in [0.2, 0.25) is 0 Å². The molecule has 1 aromatic carbocycles. The molecule has 3 nitrogen and oxygen atoms in total. The van der Waals surface area contributed by atoms with Crippen molar-refractivity contribution in [1.29, 1.82) is 0 Å². The van der Waals surface area contributed by atoms with Crippen molar-refractivity contribution < 1.29 is 4.74 Å². The van der Waals surface area contributed by atoms with E-state index in [4.69, 9.17) is 4.74 Å².